The molecular weight excluding hydrogens is 198 g/mol. The Balaban J connectivity index is 1.81. The van der Waals surface area contributed by atoms with Gasteiger partial charge in [0.15, 0.2) is 0 Å². The number of fused-ring (bicyclic) bond motifs is 2. The maximum atomic E-state index is 5.30. The Kier molecular flexibility index (Phi) is 2.60. The maximum absolute atomic E-state index is 5.30. The van der Waals surface area contributed by atoms with Gasteiger partial charge >= 0.3 is 0 Å². The molecule has 0 aromatic heterocycles. The average Bonchev–Trinajstić information content (AvgIpc) is 2.68. The third-order valence-electron chi connectivity index (χ3n) is 4.04. The van der Waals surface area contributed by atoms with E-state index in [4.69, 9.17) is 4.74 Å². The molecule has 0 spiro atoms. The van der Waals surface area contributed by atoms with Gasteiger partial charge in [-0.25, -0.2) is 0 Å². The van der Waals surface area contributed by atoms with Crippen LogP contribution in [0.1, 0.15) is 37.2 Å². The SMILES string of the molecule is COc1cccc(C2C[C@H]3CC[C@@H](C2)N3)c1. The van der Waals surface area contributed by atoms with Gasteiger partial charge in [-0.2, -0.15) is 0 Å². The van der Waals surface area contributed by atoms with Crippen molar-refractivity contribution in [1.29, 1.82) is 0 Å². The second kappa shape index (κ2) is 4.10. The lowest BCUT2D eigenvalue weighted by Crippen LogP contribution is -2.37. The Hall–Kier alpha value is -1.02. The number of nitrogens with one attached hydrogen (secondary N) is 1. The molecule has 2 heterocycles. The van der Waals surface area contributed by atoms with E-state index in [1.807, 2.05) is 6.07 Å². The van der Waals surface area contributed by atoms with E-state index in [9.17, 15) is 0 Å². The van der Waals surface area contributed by atoms with Crippen LogP contribution in [0.15, 0.2) is 24.3 Å². The second-order valence-corrected chi connectivity index (χ2v) is 5.08. The second-order valence-electron chi connectivity index (χ2n) is 5.08. The third kappa shape index (κ3) is 1.82. The van der Waals surface area contributed by atoms with Crippen LogP contribution in [0, 0.1) is 0 Å². The van der Waals surface area contributed by atoms with Crippen molar-refractivity contribution in [2.75, 3.05) is 7.11 Å². The fraction of sp³-hybridized carbons (Fsp3) is 0.571. The first-order chi connectivity index (χ1) is 7.85. The van der Waals surface area contributed by atoms with Gasteiger partial charge in [-0.05, 0) is 49.3 Å². The maximum Gasteiger partial charge on any atom is 0.119 e. The molecule has 0 radical (unpaired) electrons. The zero-order valence-corrected chi connectivity index (χ0v) is 9.78. The molecule has 2 heteroatoms. The van der Waals surface area contributed by atoms with Crippen molar-refractivity contribution < 1.29 is 4.74 Å². The predicted octanol–water partition coefficient (Wildman–Crippen LogP) is 2.69. The molecule has 1 aromatic carbocycles. The Bertz CT molecular complexity index is 365. The van der Waals surface area contributed by atoms with E-state index in [-0.39, 0.29) is 0 Å². The molecule has 2 saturated heterocycles. The van der Waals surface area contributed by atoms with E-state index in [0.29, 0.717) is 0 Å². The molecule has 16 heavy (non-hydrogen) atoms. The van der Waals surface area contributed by atoms with Gasteiger partial charge in [-0.1, -0.05) is 12.1 Å². The summed E-state index contributed by atoms with van der Waals surface area (Å²) in [7, 11) is 1.74. The molecule has 0 aliphatic carbocycles. The van der Waals surface area contributed by atoms with Crippen LogP contribution in [0.2, 0.25) is 0 Å². The number of benzene rings is 1. The fourth-order valence-corrected chi connectivity index (χ4v) is 3.22. The topological polar surface area (TPSA) is 21.3 Å². The summed E-state index contributed by atoms with van der Waals surface area (Å²) in [6, 6.07) is 10.1. The van der Waals surface area contributed by atoms with Gasteiger partial charge in [0.25, 0.3) is 0 Å². The van der Waals surface area contributed by atoms with Crippen LogP contribution in [-0.4, -0.2) is 19.2 Å². The van der Waals surface area contributed by atoms with Crippen LogP contribution in [0.25, 0.3) is 0 Å². The van der Waals surface area contributed by atoms with E-state index in [1.165, 1.54) is 31.2 Å². The highest BCUT2D eigenvalue weighted by molar-refractivity contribution is 5.31. The number of piperidine rings is 1. The highest BCUT2D eigenvalue weighted by Gasteiger charge is 2.33. The Morgan fingerprint density at radius 3 is 2.62 bits per heavy atom. The first-order valence-electron chi connectivity index (χ1n) is 6.25. The van der Waals surface area contributed by atoms with Gasteiger partial charge in [-0.15, -0.1) is 0 Å². The van der Waals surface area contributed by atoms with E-state index in [0.717, 1.165) is 23.8 Å². The first-order valence-corrected chi connectivity index (χ1v) is 6.25. The smallest absolute Gasteiger partial charge is 0.119 e. The third-order valence-corrected chi connectivity index (χ3v) is 4.04. The van der Waals surface area contributed by atoms with E-state index >= 15 is 0 Å². The van der Waals surface area contributed by atoms with Crippen molar-refractivity contribution in [3.05, 3.63) is 29.8 Å². The molecule has 3 atom stereocenters. The van der Waals surface area contributed by atoms with E-state index in [1.54, 1.807) is 7.11 Å². The fourth-order valence-electron chi connectivity index (χ4n) is 3.22. The van der Waals surface area contributed by atoms with Crippen LogP contribution in [0.4, 0.5) is 0 Å². The molecule has 1 aromatic rings. The van der Waals surface area contributed by atoms with Crippen LogP contribution in [0.5, 0.6) is 5.75 Å². The molecule has 86 valence electrons. The molecule has 2 aliphatic heterocycles. The van der Waals surface area contributed by atoms with Gasteiger partial charge < -0.3 is 10.1 Å². The summed E-state index contributed by atoms with van der Waals surface area (Å²) in [6.45, 7) is 0. The summed E-state index contributed by atoms with van der Waals surface area (Å²) in [5.41, 5.74) is 1.46. The largest absolute Gasteiger partial charge is 0.497 e. The zero-order valence-electron chi connectivity index (χ0n) is 9.78. The molecule has 0 amide bonds. The number of hydrogen-bond acceptors (Lipinski definition) is 2. The predicted molar refractivity (Wildman–Crippen MR) is 64.9 cm³/mol. The lowest BCUT2D eigenvalue weighted by Gasteiger charge is -2.29. The highest BCUT2D eigenvalue weighted by atomic mass is 16.5. The van der Waals surface area contributed by atoms with Gasteiger partial charge in [0.2, 0.25) is 0 Å². The summed E-state index contributed by atoms with van der Waals surface area (Å²) in [5.74, 6) is 1.72. The Morgan fingerprint density at radius 1 is 1.19 bits per heavy atom. The summed E-state index contributed by atoms with van der Waals surface area (Å²) < 4.78 is 5.30. The minimum Gasteiger partial charge on any atom is -0.497 e. The summed E-state index contributed by atoms with van der Waals surface area (Å²) in [4.78, 5) is 0. The Morgan fingerprint density at radius 2 is 1.94 bits per heavy atom. The lowest BCUT2D eigenvalue weighted by atomic mass is 9.86. The normalized spacial score (nSPS) is 32.7. The molecule has 1 unspecified atom stereocenters. The minimum atomic E-state index is 0.730. The number of rotatable bonds is 2. The summed E-state index contributed by atoms with van der Waals surface area (Å²) in [6.07, 6.45) is 5.32. The van der Waals surface area contributed by atoms with Gasteiger partial charge in [-0.3, -0.25) is 0 Å². The van der Waals surface area contributed by atoms with E-state index < -0.39 is 0 Å². The van der Waals surface area contributed by atoms with Crippen LogP contribution in [-0.2, 0) is 0 Å². The van der Waals surface area contributed by atoms with Gasteiger partial charge in [0, 0.05) is 12.1 Å². The van der Waals surface area contributed by atoms with Crippen LogP contribution < -0.4 is 10.1 Å². The van der Waals surface area contributed by atoms with Crippen molar-refractivity contribution in [3.63, 3.8) is 0 Å². The lowest BCUT2D eigenvalue weighted by molar-refractivity contribution is 0.361. The molecule has 2 fully saturated rings. The standard InChI is InChI=1S/C14H19NO/c1-16-14-4-2-3-10(9-14)11-7-12-5-6-13(8-11)15-12/h2-4,9,11-13,15H,5-8H2,1H3/t11?,12-,13+. The molecule has 2 aliphatic rings. The molecule has 2 bridgehead atoms. The number of hydrogen-bond donors (Lipinski definition) is 1. The van der Waals surface area contributed by atoms with Crippen molar-refractivity contribution >= 4 is 0 Å². The van der Waals surface area contributed by atoms with Crippen molar-refractivity contribution in [2.45, 2.75) is 43.7 Å². The van der Waals surface area contributed by atoms with Crippen molar-refractivity contribution in [2.24, 2.45) is 0 Å². The van der Waals surface area contributed by atoms with Gasteiger partial charge in [0.05, 0.1) is 7.11 Å². The number of ether oxygens (including phenoxy) is 1. The number of methoxy groups -OCH3 is 1. The first kappa shape index (κ1) is 10.2. The monoisotopic (exact) mass is 217 g/mol. The highest BCUT2D eigenvalue weighted by Crippen LogP contribution is 2.37. The van der Waals surface area contributed by atoms with Crippen LogP contribution >= 0.6 is 0 Å². The molecule has 1 N–H and O–H groups in total. The molecule has 0 saturated carbocycles. The quantitative estimate of drug-likeness (QED) is 0.822. The minimum absolute atomic E-state index is 0.730. The molecule has 2 nitrogen and oxygen atoms in total. The summed E-state index contributed by atoms with van der Waals surface area (Å²) in [5, 5.41) is 3.69. The average molecular weight is 217 g/mol. The molecule has 3 rings (SSSR count). The zero-order chi connectivity index (χ0) is 11.0. The van der Waals surface area contributed by atoms with E-state index in [2.05, 4.69) is 23.5 Å². The van der Waals surface area contributed by atoms with Crippen molar-refractivity contribution in [3.8, 4) is 5.75 Å². The van der Waals surface area contributed by atoms with Crippen molar-refractivity contribution in [1.82, 2.24) is 5.32 Å². The summed E-state index contributed by atoms with van der Waals surface area (Å²) >= 11 is 0. The Labute approximate surface area is 97.0 Å². The van der Waals surface area contributed by atoms with Crippen LogP contribution in [0.3, 0.4) is 0 Å². The van der Waals surface area contributed by atoms with Gasteiger partial charge in [0.1, 0.15) is 5.75 Å². The molecular formula is C14H19NO.